The van der Waals surface area contributed by atoms with Gasteiger partial charge >= 0.3 is 11.7 Å². The summed E-state index contributed by atoms with van der Waals surface area (Å²) >= 11 is 0. The van der Waals surface area contributed by atoms with Crippen molar-refractivity contribution in [2.75, 3.05) is 33.0 Å². The number of fused-ring (bicyclic) bond motifs is 1. The minimum absolute atomic E-state index is 0.190. The molecule has 0 fully saturated rings. The Kier molecular flexibility index (Phi) is 7.29. The predicted octanol–water partition coefficient (Wildman–Crippen LogP) is 2.41. The lowest BCUT2D eigenvalue weighted by molar-refractivity contribution is 0.286. The van der Waals surface area contributed by atoms with Crippen molar-refractivity contribution in [2.45, 2.75) is 39.3 Å². The topological polar surface area (TPSA) is 111 Å². The van der Waals surface area contributed by atoms with Crippen molar-refractivity contribution in [3.63, 3.8) is 0 Å². The lowest BCUT2D eigenvalue weighted by atomic mass is 10.2. The van der Waals surface area contributed by atoms with Gasteiger partial charge < -0.3 is 25.1 Å². The molecule has 0 spiro atoms. The van der Waals surface area contributed by atoms with Gasteiger partial charge in [0.15, 0.2) is 11.5 Å². The fraction of sp³-hybridized carbons (Fsp3) is 0.476. The number of H-pyrrole nitrogens is 1. The minimum Gasteiger partial charge on any atom is -0.494 e. The molecule has 1 aromatic carbocycles. The molecule has 162 valence electrons. The van der Waals surface area contributed by atoms with Crippen LogP contribution in [0.3, 0.4) is 0 Å². The van der Waals surface area contributed by atoms with Crippen LogP contribution in [-0.4, -0.2) is 51.7 Å². The SMILES string of the molecule is CCCCOc1nc(N)c2[nH]c(=O)n(CCCOc3ccc(CN(C)C)cc3)c2n1. The number of aromatic nitrogens is 4. The number of nitrogen functional groups attached to an aromatic ring is 1. The number of nitrogens with two attached hydrogens (primary N) is 1. The number of imidazole rings is 1. The number of rotatable bonds is 11. The zero-order valence-electron chi connectivity index (χ0n) is 17.9. The van der Waals surface area contributed by atoms with E-state index in [1.807, 2.05) is 26.2 Å². The van der Waals surface area contributed by atoms with Crippen LogP contribution in [-0.2, 0) is 13.1 Å². The molecular weight excluding hydrogens is 384 g/mol. The van der Waals surface area contributed by atoms with Crippen molar-refractivity contribution in [3.8, 4) is 11.8 Å². The van der Waals surface area contributed by atoms with E-state index in [1.165, 1.54) is 5.56 Å². The quantitative estimate of drug-likeness (QED) is 0.464. The van der Waals surface area contributed by atoms with Gasteiger partial charge in [0.05, 0.1) is 13.2 Å². The predicted molar refractivity (Wildman–Crippen MR) is 117 cm³/mol. The van der Waals surface area contributed by atoms with Crippen molar-refractivity contribution >= 4 is 17.0 Å². The highest BCUT2D eigenvalue weighted by atomic mass is 16.5. The first-order chi connectivity index (χ1) is 14.5. The molecule has 30 heavy (non-hydrogen) atoms. The first kappa shape index (κ1) is 21.6. The molecular formula is C21H30N6O3. The number of benzene rings is 1. The highest BCUT2D eigenvalue weighted by molar-refractivity contribution is 5.81. The van der Waals surface area contributed by atoms with Crippen molar-refractivity contribution in [2.24, 2.45) is 0 Å². The van der Waals surface area contributed by atoms with Crippen molar-refractivity contribution < 1.29 is 9.47 Å². The molecule has 2 heterocycles. The van der Waals surface area contributed by atoms with E-state index in [0.717, 1.165) is 25.1 Å². The maximum Gasteiger partial charge on any atom is 0.327 e. The molecule has 0 aliphatic heterocycles. The number of anilines is 1. The molecule has 9 heteroatoms. The fourth-order valence-electron chi connectivity index (χ4n) is 3.08. The van der Waals surface area contributed by atoms with Crippen LogP contribution >= 0.6 is 0 Å². The number of nitrogens with zero attached hydrogens (tertiary/aromatic N) is 4. The van der Waals surface area contributed by atoms with Gasteiger partial charge in [-0.3, -0.25) is 4.57 Å². The average molecular weight is 415 g/mol. The fourth-order valence-corrected chi connectivity index (χ4v) is 3.08. The molecule has 9 nitrogen and oxygen atoms in total. The Morgan fingerprint density at radius 1 is 1.10 bits per heavy atom. The van der Waals surface area contributed by atoms with Crippen LogP contribution in [0.2, 0.25) is 0 Å². The third kappa shape index (κ3) is 5.50. The van der Waals surface area contributed by atoms with Crippen molar-refractivity contribution in [1.82, 2.24) is 24.4 Å². The Hall–Kier alpha value is -3.07. The molecule has 0 radical (unpaired) electrons. The largest absolute Gasteiger partial charge is 0.494 e. The molecule has 0 bridgehead atoms. The summed E-state index contributed by atoms with van der Waals surface area (Å²) in [4.78, 5) is 25.7. The van der Waals surface area contributed by atoms with Gasteiger partial charge in [-0.25, -0.2) is 4.79 Å². The zero-order valence-corrected chi connectivity index (χ0v) is 17.9. The molecule has 0 amide bonds. The Morgan fingerprint density at radius 2 is 1.83 bits per heavy atom. The summed E-state index contributed by atoms with van der Waals surface area (Å²) in [6.07, 6.45) is 2.54. The van der Waals surface area contributed by atoms with Crippen LogP contribution in [0.15, 0.2) is 29.1 Å². The van der Waals surface area contributed by atoms with Crippen LogP contribution in [0.5, 0.6) is 11.8 Å². The van der Waals surface area contributed by atoms with Crippen LogP contribution in [0, 0.1) is 0 Å². The lowest BCUT2D eigenvalue weighted by Crippen LogP contribution is -2.18. The van der Waals surface area contributed by atoms with E-state index in [0.29, 0.717) is 37.3 Å². The number of unbranched alkanes of at least 4 members (excludes halogenated alkanes) is 1. The highest BCUT2D eigenvalue weighted by Crippen LogP contribution is 2.18. The standard InChI is InChI=1S/C21H30N6O3/c1-4-5-12-30-20-24-18(22)17-19(25-20)27(21(28)23-17)11-6-13-29-16-9-7-15(8-10-16)14-26(2)3/h7-10H,4-6,11-14H2,1-3H3,(H,23,28)(H2,22,24,25). The Labute approximate surface area is 175 Å². The summed E-state index contributed by atoms with van der Waals surface area (Å²) in [7, 11) is 4.08. The van der Waals surface area contributed by atoms with E-state index in [-0.39, 0.29) is 17.5 Å². The maximum absolute atomic E-state index is 12.4. The number of aryl methyl sites for hydroxylation is 1. The summed E-state index contributed by atoms with van der Waals surface area (Å²) in [5, 5.41) is 0. The van der Waals surface area contributed by atoms with Gasteiger partial charge in [-0.2, -0.15) is 9.97 Å². The van der Waals surface area contributed by atoms with Crippen LogP contribution < -0.4 is 20.9 Å². The van der Waals surface area contributed by atoms with Gasteiger partial charge in [0.25, 0.3) is 0 Å². The van der Waals surface area contributed by atoms with E-state index in [1.54, 1.807) is 4.57 Å². The third-order valence-electron chi connectivity index (χ3n) is 4.58. The first-order valence-corrected chi connectivity index (χ1v) is 10.2. The zero-order chi connectivity index (χ0) is 21.5. The second kappa shape index (κ2) is 10.1. The molecule has 0 atom stereocenters. The second-order valence-corrected chi connectivity index (χ2v) is 7.46. The van der Waals surface area contributed by atoms with Crippen LogP contribution in [0.4, 0.5) is 5.82 Å². The Bertz CT molecular complexity index is 1010. The summed E-state index contributed by atoms with van der Waals surface area (Å²) in [5.41, 5.74) is 7.81. The highest BCUT2D eigenvalue weighted by Gasteiger charge is 2.14. The molecule has 3 rings (SSSR count). The van der Waals surface area contributed by atoms with Crippen molar-refractivity contribution in [1.29, 1.82) is 0 Å². The lowest BCUT2D eigenvalue weighted by Gasteiger charge is -2.11. The van der Waals surface area contributed by atoms with E-state index in [4.69, 9.17) is 15.2 Å². The number of ether oxygens (including phenoxy) is 2. The van der Waals surface area contributed by atoms with Gasteiger partial charge in [-0.1, -0.05) is 25.5 Å². The minimum atomic E-state index is -0.273. The summed E-state index contributed by atoms with van der Waals surface area (Å²) < 4.78 is 12.9. The summed E-state index contributed by atoms with van der Waals surface area (Å²) in [6, 6.07) is 8.23. The van der Waals surface area contributed by atoms with Gasteiger partial charge in [-0.15, -0.1) is 0 Å². The number of nitrogens with one attached hydrogen (secondary N) is 1. The molecule has 0 unspecified atom stereocenters. The van der Waals surface area contributed by atoms with Gasteiger partial charge in [0, 0.05) is 13.1 Å². The summed E-state index contributed by atoms with van der Waals surface area (Å²) in [6.45, 7) is 4.40. The molecule has 0 saturated carbocycles. The van der Waals surface area contributed by atoms with Crippen LogP contribution in [0.25, 0.3) is 11.2 Å². The third-order valence-corrected chi connectivity index (χ3v) is 4.58. The van der Waals surface area contributed by atoms with E-state index in [2.05, 4.69) is 38.9 Å². The van der Waals surface area contributed by atoms with Crippen molar-refractivity contribution in [3.05, 3.63) is 40.3 Å². The molecule has 0 aliphatic rings. The molecule has 3 aromatic rings. The van der Waals surface area contributed by atoms with E-state index >= 15 is 0 Å². The molecule has 0 aliphatic carbocycles. The maximum atomic E-state index is 12.4. The second-order valence-electron chi connectivity index (χ2n) is 7.46. The van der Waals surface area contributed by atoms with Gasteiger partial charge in [0.1, 0.15) is 11.3 Å². The Balaban J connectivity index is 1.61. The Morgan fingerprint density at radius 3 is 2.53 bits per heavy atom. The molecule has 0 saturated heterocycles. The van der Waals surface area contributed by atoms with E-state index < -0.39 is 0 Å². The monoisotopic (exact) mass is 414 g/mol. The normalized spacial score (nSPS) is 11.3. The smallest absolute Gasteiger partial charge is 0.327 e. The number of hydrogen-bond acceptors (Lipinski definition) is 7. The summed E-state index contributed by atoms with van der Waals surface area (Å²) in [5.74, 6) is 1.01. The molecule has 3 N–H and O–H groups in total. The number of aromatic amines is 1. The van der Waals surface area contributed by atoms with E-state index in [9.17, 15) is 4.79 Å². The van der Waals surface area contributed by atoms with Gasteiger partial charge in [0.2, 0.25) is 0 Å². The van der Waals surface area contributed by atoms with Crippen LogP contribution in [0.1, 0.15) is 31.7 Å². The average Bonchev–Trinajstić information content (AvgIpc) is 3.02. The number of hydrogen-bond donors (Lipinski definition) is 2. The molecule has 2 aromatic heterocycles. The van der Waals surface area contributed by atoms with Gasteiger partial charge in [-0.05, 0) is 44.6 Å². The first-order valence-electron chi connectivity index (χ1n) is 10.2.